The van der Waals surface area contributed by atoms with Crippen molar-refractivity contribution in [3.8, 4) is 0 Å². The monoisotopic (exact) mass is 293 g/mol. The summed E-state index contributed by atoms with van der Waals surface area (Å²) in [6.07, 6.45) is 1.57. The van der Waals surface area contributed by atoms with Gasteiger partial charge >= 0.3 is 5.97 Å². The molecule has 0 aliphatic carbocycles. The molecule has 1 aromatic heterocycles. The number of nitrogens with two attached hydrogens (primary N) is 1. The van der Waals surface area contributed by atoms with Gasteiger partial charge in [-0.2, -0.15) is 0 Å². The zero-order chi connectivity index (χ0) is 16.0. The van der Waals surface area contributed by atoms with Crippen molar-refractivity contribution >= 4 is 17.7 Å². The van der Waals surface area contributed by atoms with Crippen LogP contribution < -0.4 is 10.6 Å². The largest absolute Gasteiger partial charge is 0.478 e. The van der Waals surface area contributed by atoms with Crippen LogP contribution in [-0.2, 0) is 11.2 Å². The summed E-state index contributed by atoms with van der Waals surface area (Å²) in [5.74, 6) is -0.671. The molecular weight excluding hydrogens is 270 g/mol. The number of pyridine rings is 1. The molecule has 1 rings (SSSR count). The fourth-order valence-corrected chi connectivity index (χ4v) is 2.11. The van der Waals surface area contributed by atoms with Gasteiger partial charge in [0.15, 0.2) is 0 Å². The maximum atomic E-state index is 11.2. The quantitative estimate of drug-likeness (QED) is 0.760. The fraction of sp³-hybridized carbons (Fsp3) is 0.533. The molecule has 6 nitrogen and oxygen atoms in total. The van der Waals surface area contributed by atoms with Gasteiger partial charge in [-0.25, -0.2) is 9.78 Å². The number of aryl methyl sites for hydroxylation is 1. The second-order valence-corrected chi connectivity index (χ2v) is 5.50. The molecule has 0 radical (unpaired) electrons. The van der Waals surface area contributed by atoms with Gasteiger partial charge in [0, 0.05) is 12.2 Å². The molecule has 0 aliphatic heterocycles. The summed E-state index contributed by atoms with van der Waals surface area (Å²) in [5, 5.41) is 9.21. The van der Waals surface area contributed by atoms with E-state index in [0.29, 0.717) is 30.4 Å². The number of carboxylic acids is 1. The molecule has 21 heavy (non-hydrogen) atoms. The summed E-state index contributed by atoms with van der Waals surface area (Å²) in [6.45, 7) is 6.65. The molecule has 0 atom stereocenters. The molecule has 1 heterocycles. The molecular formula is C15H23N3O3. The van der Waals surface area contributed by atoms with E-state index < -0.39 is 11.9 Å². The van der Waals surface area contributed by atoms with Gasteiger partial charge in [-0.15, -0.1) is 0 Å². The molecule has 0 saturated heterocycles. The smallest absolute Gasteiger partial charge is 0.335 e. The Hall–Kier alpha value is -2.11. The highest BCUT2D eigenvalue weighted by molar-refractivity contribution is 5.89. The SMILES string of the molecule is CCCc1cc(C(=O)O)cc(N(CC(N)=O)CC(C)C)n1. The second-order valence-electron chi connectivity index (χ2n) is 5.50. The van der Waals surface area contributed by atoms with E-state index in [4.69, 9.17) is 5.73 Å². The Labute approximate surface area is 125 Å². The first-order chi connectivity index (χ1) is 9.83. The van der Waals surface area contributed by atoms with Crippen molar-refractivity contribution in [1.29, 1.82) is 0 Å². The highest BCUT2D eigenvalue weighted by Crippen LogP contribution is 2.18. The Kier molecular flexibility index (Phi) is 6.14. The highest BCUT2D eigenvalue weighted by Gasteiger charge is 2.16. The van der Waals surface area contributed by atoms with Crippen LogP contribution in [0.25, 0.3) is 0 Å². The van der Waals surface area contributed by atoms with Crippen LogP contribution in [0, 0.1) is 5.92 Å². The fourth-order valence-electron chi connectivity index (χ4n) is 2.11. The number of rotatable bonds is 8. The maximum absolute atomic E-state index is 11.2. The summed E-state index contributed by atoms with van der Waals surface area (Å²) < 4.78 is 0. The van der Waals surface area contributed by atoms with E-state index in [1.165, 1.54) is 6.07 Å². The number of carbonyl (C=O) groups is 2. The molecule has 6 heteroatoms. The number of hydrogen-bond acceptors (Lipinski definition) is 4. The van der Waals surface area contributed by atoms with Crippen LogP contribution >= 0.6 is 0 Å². The molecule has 0 spiro atoms. The van der Waals surface area contributed by atoms with Gasteiger partial charge in [-0.1, -0.05) is 27.2 Å². The van der Waals surface area contributed by atoms with Gasteiger partial charge < -0.3 is 15.7 Å². The third kappa shape index (κ3) is 5.41. The Bertz CT molecular complexity index is 515. The lowest BCUT2D eigenvalue weighted by atomic mass is 10.1. The first-order valence-corrected chi connectivity index (χ1v) is 7.11. The zero-order valence-electron chi connectivity index (χ0n) is 12.8. The lowest BCUT2D eigenvalue weighted by Gasteiger charge is -2.25. The van der Waals surface area contributed by atoms with Crippen LogP contribution in [0.5, 0.6) is 0 Å². The summed E-state index contributed by atoms with van der Waals surface area (Å²) in [6, 6.07) is 3.07. The second kappa shape index (κ2) is 7.61. The summed E-state index contributed by atoms with van der Waals surface area (Å²) >= 11 is 0. The van der Waals surface area contributed by atoms with Crippen molar-refractivity contribution in [3.63, 3.8) is 0 Å². The number of carboxylic acid groups (broad SMARTS) is 1. The van der Waals surface area contributed by atoms with Crippen molar-refractivity contribution in [2.24, 2.45) is 11.7 Å². The van der Waals surface area contributed by atoms with E-state index >= 15 is 0 Å². The number of anilines is 1. The van der Waals surface area contributed by atoms with Crippen LogP contribution in [0.1, 0.15) is 43.2 Å². The van der Waals surface area contributed by atoms with Crippen LogP contribution in [0.4, 0.5) is 5.82 Å². The first-order valence-electron chi connectivity index (χ1n) is 7.11. The van der Waals surface area contributed by atoms with E-state index in [0.717, 1.165) is 6.42 Å². The number of amides is 1. The van der Waals surface area contributed by atoms with Gasteiger partial charge in [0.2, 0.25) is 5.91 Å². The normalized spacial score (nSPS) is 10.7. The number of nitrogens with zero attached hydrogens (tertiary/aromatic N) is 2. The molecule has 0 fully saturated rings. The van der Waals surface area contributed by atoms with Crippen LogP contribution in [0.3, 0.4) is 0 Å². The Balaban J connectivity index is 3.20. The first kappa shape index (κ1) is 16.9. The number of aromatic carboxylic acids is 1. The molecule has 1 aromatic rings. The summed E-state index contributed by atoms with van der Waals surface area (Å²) in [7, 11) is 0. The van der Waals surface area contributed by atoms with E-state index in [-0.39, 0.29) is 12.1 Å². The molecule has 0 unspecified atom stereocenters. The topological polar surface area (TPSA) is 96.5 Å². The Morgan fingerprint density at radius 2 is 2.05 bits per heavy atom. The third-order valence-corrected chi connectivity index (χ3v) is 2.87. The van der Waals surface area contributed by atoms with Crippen molar-refractivity contribution in [1.82, 2.24) is 4.98 Å². The minimum absolute atomic E-state index is 0.0276. The van der Waals surface area contributed by atoms with Crippen LogP contribution in [0.15, 0.2) is 12.1 Å². The van der Waals surface area contributed by atoms with Gasteiger partial charge in [-0.3, -0.25) is 4.79 Å². The molecule has 3 N–H and O–H groups in total. The maximum Gasteiger partial charge on any atom is 0.335 e. The molecule has 0 saturated carbocycles. The van der Waals surface area contributed by atoms with Gasteiger partial charge in [0.1, 0.15) is 5.82 Å². The van der Waals surface area contributed by atoms with E-state index in [1.807, 2.05) is 20.8 Å². The Morgan fingerprint density at radius 3 is 2.52 bits per heavy atom. The lowest BCUT2D eigenvalue weighted by Crippen LogP contribution is -2.37. The molecule has 1 amide bonds. The van der Waals surface area contributed by atoms with Gasteiger partial charge in [0.25, 0.3) is 0 Å². The van der Waals surface area contributed by atoms with Crippen molar-refractivity contribution in [3.05, 3.63) is 23.4 Å². The molecule has 116 valence electrons. The lowest BCUT2D eigenvalue weighted by molar-refractivity contribution is -0.116. The van der Waals surface area contributed by atoms with E-state index in [9.17, 15) is 14.7 Å². The number of primary amides is 1. The average molecular weight is 293 g/mol. The standard InChI is InChI=1S/C15H23N3O3/c1-4-5-12-6-11(15(20)21)7-14(17-12)18(8-10(2)3)9-13(16)19/h6-7,10H,4-5,8-9H2,1-3H3,(H2,16,19)(H,20,21). The molecule has 0 aliphatic rings. The predicted octanol–water partition coefficient (Wildman–Crippen LogP) is 1.68. The van der Waals surface area contributed by atoms with Crippen molar-refractivity contribution in [2.75, 3.05) is 18.0 Å². The number of carbonyl (C=O) groups excluding carboxylic acids is 1. The predicted molar refractivity (Wildman–Crippen MR) is 81.4 cm³/mol. The average Bonchev–Trinajstić information content (AvgIpc) is 2.36. The molecule has 0 aromatic carbocycles. The van der Waals surface area contributed by atoms with Gasteiger partial charge in [-0.05, 0) is 24.5 Å². The Morgan fingerprint density at radius 1 is 1.38 bits per heavy atom. The number of aromatic nitrogens is 1. The van der Waals surface area contributed by atoms with Crippen LogP contribution in [0.2, 0.25) is 0 Å². The zero-order valence-corrected chi connectivity index (χ0v) is 12.8. The number of hydrogen-bond donors (Lipinski definition) is 2. The minimum atomic E-state index is -1.00. The minimum Gasteiger partial charge on any atom is -0.478 e. The molecule has 0 bridgehead atoms. The van der Waals surface area contributed by atoms with Gasteiger partial charge in [0.05, 0.1) is 12.1 Å². The van der Waals surface area contributed by atoms with E-state index in [1.54, 1.807) is 11.0 Å². The highest BCUT2D eigenvalue weighted by atomic mass is 16.4. The van der Waals surface area contributed by atoms with Crippen molar-refractivity contribution < 1.29 is 14.7 Å². The summed E-state index contributed by atoms with van der Waals surface area (Å²) in [5.41, 5.74) is 6.17. The summed E-state index contributed by atoms with van der Waals surface area (Å²) in [4.78, 5) is 28.7. The van der Waals surface area contributed by atoms with Crippen LogP contribution in [-0.4, -0.2) is 35.1 Å². The van der Waals surface area contributed by atoms with Crippen molar-refractivity contribution in [2.45, 2.75) is 33.6 Å². The third-order valence-electron chi connectivity index (χ3n) is 2.87. The van der Waals surface area contributed by atoms with E-state index in [2.05, 4.69) is 4.98 Å².